The van der Waals surface area contributed by atoms with Crippen molar-refractivity contribution in [2.24, 2.45) is 0 Å². The molecule has 1 aromatic rings. The third kappa shape index (κ3) is 4.84. The van der Waals surface area contributed by atoms with Crippen LogP contribution >= 0.6 is 0 Å². The Kier molecular flexibility index (Phi) is 6.31. The SMILES string of the molecule is COc1ccc(O)c(C(C)NCCC(C)S(C)=O)c1. The molecule has 0 fully saturated rings. The molecule has 0 saturated heterocycles. The van der Waals surface area contributed by atoms with E-state index in [0.29, 0.717) is 0 Å². The van der Waals surface area contributed by atoms with E-state index in [1.807, 2.05) is 19.9 Å². The number of ether oxygens (including phenoxy) is 1. The Bertz CT molecular complexity index is 437. The summed E-state index contributed by atoms with van der Waals surface area (Å²) in [7, 11) is 0.815. The van der Waals surface area contributed by atoms with Crippen molar-refractivity contribution < 1.29 is 14.1 Å². The summed E-state index contributed by atoms with van der Waals surface area (Å²) < 4.78 is 16.4. The number of rotatable bonds is 7. The van der Waals surface area contributed by atoms with Gasteiger partial charge in [0.1, 0.15) is 11.5 Å². The fourth-order valence-electron chi connectivity index (χ4n) is 1.79. The van der Waals surface area contributed by atoms with E-state index in [1.165, 1.54) is 0 Å². The molecule has 0 aliphatic carbocycles. The Labute approximate surface area is 117 Å². The van der Waals surface area contributed by atoms with Crippen LogP contribution in [0.25, 0.3) is 0 Å². The molecule has 0 radical (unpaired) electrons. The summed E-state index contributed by atoms with van der Waals surface area (Å²) in [5.41, 5.74) is 0.810. The molecule has 0 aliphatic rings. The summed E-state index contributed by atoms with van der Waals surface area (Å²) >= 11 is 0. The summed E-state index contributed by atoms with van der Waals surface area (Å²) in [6, 6.07) is 5.21. The van der Waals surface area contributed by atoms with E-state index in [2.05, 4.69) is 5.32 Å². The zero-order chi connectivity index (χ0) is 14.4. The smallest absolute Gasteiger partial charge is 0.120 e. The van der Waals surface area contributed by atoms with Gasteiger partial charge in [0.15, 0.2) is 0 Å². The van der Waals surface area contributed by atoms with Crippen LogP contribution in [0, 0.1) is 0 Å². The molecule has 1 rings (SSSR count). The van der Waals surface area contributed by atoms with Crippen LogP contribution in [-0.4, -0.2) is 34.5 Å². The van der Waals surface area contributed by atoms with Crippen molar-refractivity contribution >= 4 is 10.8 Å². The Hall–Kier alpha value is -1.07. The normalized spacial score (nSPS) is 15.8. The molecule has 2 N–H and O–H groups in total. The van der Waals surface area contributed by atoms with Crippen LogP contribution in [0.1, 0.15) is 31.9 Å². The molecule has 0 aromatic heterocycles. The minimum atomic E-state index is -0.788. The van der Waals surface area contributed by atoms with Crippen LogP contribution in [0.2, 0.25) is 0 Å². The summed E-state index contributed by atoms with van der Waals surface area (Å²) in [5, 5.41) is 13.4. The van der Waals surface area contributed by atoms with E-state index < -0.39 is 10.8 Å². The minimum absolute atomic E-state index is 0.0209. The lowest BCUT2D eigenvalue weighted by Gasteiger charge is -2.17. The Morgan fingerprint density at radius 2 is 2.11 bits per heavy atom. The second kappa shape index (κ2) is 7.50. The largest absolute Gasteiger partial charge is 0.508 e. The van der Waals surface area contributed by atoms with Crippen LogP contribution in [0.15, 0.2) is 18.2 Å². The van der Waals surface area contributed by atoms with Crippen LogP contribution in [0.4, 0.5) is 0 Å². The molecule has 0 spiro atoms. The van der Waals surface area contributed by atoms with Crippen molar-refractivity contribution in [2.45, 2.75) is 31.6 Å². The standard InChI is InChI=1S/C14H23NO3S/c1-10(19(4)17)7-8-15-11(2)13-9-12(18-3)5-6-14(13)16/h5-6,9-11,15-16H,7-8H2,1-4H3. The zero-order valence-electron chi connectivity index (χ0n) is 12.0. The molecule has 108 valence electrons. The molecule has 0 bridgehead atoms. The van der Waals surface area contributed by atoms with Crippen molar-refractivity contribution in [3.05, 3.63) is 23.8 Å². The first kappa shape index (κ1) is 16.0. The molecule has 0 aliphatic heterocycles. The maximum Gasteiger partial charge on any atom is 0.120 e. The average Bonchev–Trinajstić information content (AvgIpc) is 2.38. The summed E-state index contributed by atoms with van der Waals surface area (Å²) in [6.45, 7) is 4.73. The van der Waals surface area contributed by atoms with Gasteiger partial charge in [-0.1, -0.05) is 6.92 Å². The lowest BCUT2D eigenvalue weighted by Crippen LogP contribution is -2.24. The third-order valence-electron chi connectivity index (χ3n) is 3.27. The quantitative estimate of drug-likeness (QED) is 0.806. The summed E-state index contributed by atoms with van der Waals surface area (Å²) in [6.07, 6.45) is 2.57. The van der Waals surface area contributed by atoms with Gasteiger partial charge in [0, 0.05) is 33.9 Å². The fraction of sp³-hybridized carbons (Fsp3) is 0.571. The third-order valence-corrected chi connectivity index (χ3v) is 4.64. The Morgan fingerprint density at radius 1 is 1.42 bits per heavy atom. The highest BCUT2D eigenvalue weighted by molar-refractivity contribution is 7.84. The van der Waals surface area contributed by atoms with Gasteiger partial charge >= 0.3 is 0 Å². The highest BCUT2D eigenvalue weighted by atomic mass is 32.2. The van der Waals surface area contributed by atoms with E-state index in [9.17, 15) is 9.32 Å². The number of benzene rings is 1. The van der Waals surface area contributed by atoms with Gasteiger partial charge in [-0.3, -0.25) is 4.21 Å². The van der Waals surface area contributed by atoms with E-state index >= 15 is 0 Å². The molecule has 3 atom stereocenters. The second-order valence-corrected chi connectivity index (χ2v) is 6.50. The number of phenolic OH excluding ortho intramolecular Hbond substituents is 1. The summed E-state index contributed by atoms with van der Waals surface area (Å²) in [5.74, 6) is 0.984. The van der Waals surface area contributed by atoms with Crippen LogP contribution in [0.5, 0.6) is 11.5 Å². The lowest BCUT2D eigenvalue weighted by atomic mass is 10.1. The first-order valence-electron chi connectivity index (χ1n) is 6.38. The van der Waals surface area contributed by atoms with Gasteiger partial charge in [-0.05, 0) is 38.1 Å². The van der Waals surface area contributed by atoms with Gasteiger partial charge in [-0.2, -0.15) is 0 Å². The van der Waals surface area contributed by atoms with Crippen molar-refractivity contribution in [2.75, 3.05) is 19.9 Å². The van der Waals surface area contributed by atoms with Crippen molar-refractivity contribution in [3.63, 3.8) is 0 Å². The molecule has 5 heteroatoms. The molecule has 0 heterocycles. The highest BCUT2D eigenvalue weighted by Crippen LogP contribution is 2.28. The molecular weight excluding hydrogens is 262 g/mol. The van der Waals surface area contributed by atoms with Crippen LogP contribution in [0.3, 0.4) is 0 Å². The number of hydrogen-bond acceptors (Lipinski definition) is 4. The maximum absolute atomic E-state index is 11.3. The minimum Gasteiger partial charge on any atom is -0.508 e. The van der Waals surface area contributed by atoms with E-state index in [1.54, 1.807) is 25.5 Å². The van der Waals surface area contributed by atoms with Crippen molar-refractivity contribution in [1.82, 2.24) is 5.32 Å². The number of aromatic hydroxyl groups is 1. The van der Waals surface area contributed by atoms with Gasteiger partial charge in [-0.25, -0.2) is 0 Å². The Balaban J connectivity index is 2.58. The van der Waals surface area contributed by atoms with E-state index in [-0.39, 0.29) is 17.0 Å². The Morgan fingerprint density at radius 3 is 2.68 bits per heavy atom. The van der Waals surface area contributed by atoms with E-state index in [0.717, 1.165) is 24.3 Å². The highest BCUT2D eigenvalue weighted by Gasteiger charge is 2.12. The lowest BCUT2D eigenvalue weighted by molar-refractivity contribution is 0.407. The molecule has 4 nitrogen and oxygen atoms in total. The zero-order valence-corrected chi connectivity index (χ0v) is 12.8. The molecule has 0 saturated carbocycles. The monoisotopic (exact) mass is 285 g/mol. The molecule has 19 heavy (non-hydrogen) atoms. The maximum atomic E-state index is 11.3. The van der Waals surface area contributed by atoms with E-state index in [4.69, 9.17) is 4.74 Å². The fourth-order valence-corrected chi connectivity index (χ4v) is 2.24. The summed E-state index contributed by atoms with van der Waals surface area (Å²) in [4.78, 5) is 0. The van der Waals surface area contributed by atoms with Gasteiger partial charge < -0.3 is 15.2 Å². The van der Waals surface area contributed by atoms with Crippen LogP contribution in [-0.2, 0) is 10.8 Å². The first-order chi connectivity index (χ1) is 8.95. The van der Waals surface area contributed by atoms with Gasteiger partial charge in [0.05, 0.1) is 7.11 Å². The average molecular weight is 285 g/mol. The molecule has 0 amide bonds. The van der Waals surface area contributed by atoms with Crippen molar-refractivity contribution in [3.8, 4) is 11.5 Å². The van der Waals surface area contributed by atoms with Gasteiger partial charge in [0.25, 0.3) is 0 Å². The molecule has 3 unspecified atom stereocenters. The number of hydrogen-bond donors (Lipinski definition) is 2. The molecule has 1 aromatic carbocycles. The number of methoxy groups -OCH3 is 1. The molecular formula is C14H23NO3S. The first-order valence-corrected chi connectivity index (χ1v) is 8.00. The van der Waals surface area contributed by atoms with Gasteiger partial charge in [-0.15, -0.1) is 0 Å². The number of phenols is 1. The topological polar surface area (TPSA) is 58.6 Å². The number of nitrogens with one attached hydrogen (secondary N) is 1. The second-order valence-electron chi connectivity index (χ2n) is 4.70. The predicted octanol–water partition coefficient (Wildman–Crippen LogP) is 2.21. The van der Waals surface area contributed by atoms with Gasteiger partial charge in [0.2, 0.25) is 0 Å². The van der Waals surface area contributed by atoms with Crippen molar-refractivity contribution in [1.29, 1.82) is 0 Å². The predicted molar refractivity (Wildman–Crippen MR) is 79.2 cm³/mol. The van der Waals surface area contributed by atoms with Crippen LogP contribution < -0.4 is 10.1 Å².